The van der Waals surface area contributed by atoms with Gasteiger partial charge in [0.15, 0.2) is 0 Å². The van der Waals surface area contributed by atoms with Crippen LogP contribution in [0.2, 0.25) is 0 Å². The molecule has 0 aliphatic carbocycles. The van der Waals surface area contributed by atoms with E-state index in [2.05, 4.69) is 12.6 Å². The number of non-ortho nitro benzene ring substituents is 1. The first-order chi connectivity index (χ1) is 11.1. The first-order valence-corrected chi connectivity index (χ1v) is 6.84. The molecule has 2 aromatic rings. The maximum Gasteiger partial charge on any atom is 0.269 e. The van der Waals surface area contributed by atoms with E-state index in [1.807, 2.05) is 12.1 Å². The van der Waals surface area contributed by atoms with Gasteiger partial charge in [-0.25, -0.2) is 0 Å². The van der Waals surface area contributed by atoms with Gasteiger partial charge in [-0.2, -0.15) is 5.26 Å². The fourth-order valence-corrected chi connectivity index (χ4v) is 1.92. The number of nitro groups is 1. The SMILES string of the molecule is C=CCOc1ccc(/C=C(/C#N)c2ccc([N+](=O)[O-])cc2)cc1. The molecule has 0 N–H and O–H groups in total. The van der Waals surface area contributed by atoms with Gasteiger partial charge in [0.25, 0.3) is 5.69 Å². The lowest BCUT2D eigenvalue weighted by Crippen LogP contribution is -1.92. The summed E-state index contributed by atoms with van der Waals surface area (Å²) in [7, 11) is 0. The minimum atomic E-state index is -0.471. The predicted octanol–water partition coefficient (Wildman–Crippen LogP) is 4.22. The fourth-order valence-electron chi connectivity index (χ4n) is 1.92. The molecule has 0 saturated heterocycles. The molecule has 0 fully saturated rings. The molecule has 0 bridgehead atoms. The molecule has 0 atom stereocenters. The average molecular weight is 306 g/mol. The minimum absolute atomic E-state index is 0.00485. The summed E-state index contributed by atoms with van der Waals surface area (Å²) in [6.45, 7) is 4.01. The lowest BCUT2D eigenvalue weighted by Gasteiger charge is -2.04. The molecular formula is C18H14N2O3. The van der Waals surface area contributed by atoms with Gasteiger partial charge >= 0.3 is 0 Å². The van der Waals surface area contributed by atoms with E-state index in [1.165, 1.54) is 12.1 Å². The van der Waals surface area contributed by atoms with Gasteiger partial charge in [-0.05, 0) is 41.5 Å². The summed E-state index contributed by atoms with van der Waals surface area (Å²) in [4.78, 5) is 10.2. The van der Waals surface area contributed by atoms with Gasteiger partial charge in [-0.3, -0.25) is 10.1 Å². The van der Waals surface area contributed by atoms with E-state index in [4.69, 9.17) is 4.74 Å². The van der Waals surface area contributed by atoms with Crippen molar-refractivity contribution >= 4 is 17.3 Å². The Morgan fingerprint density at radius 3 is 2.39 bits per heavy atom. The first kappa shape index (κ1) is 16.0. The maximum absolute atomic E-state index is 10.7. The van der Waals surface area contributed by atoms with Crippen molar-refractivity contribution in [1.29, 1.82) is 5.26 Å². The zero-order chi connectivity index (χ0) is 16.7. The Hall–Kier alpha value is -3.39. The van der Waals surface area contributed by atoms with E-state index in [0.29, 0.717) is 17.7 Å². The van der Waals surface area contributed by atoms with E-state index >= 15 is 0 Å². The van der Waals surface area contributed by atoms with Gasteiger partial charge in [0, 0.05) is 12.1 Å². The Morgan fingerprint density at radius 2 is 1.87 bits per heavy atom. The Bertz CT molecular complexity index is 769. The van der Waals surface area contributed by atoms with Crippen LogP contribution in [0.4, 0.5) is 5.69 Å². The Kier molecular flexibility index (Phi) is 5.26. The summed E-state index contributed by atoms with van der Waals surface area (Å²) in [6, 6.07) is 15.3. The van der Waals surface area contributed by atoms with E-state index < -0.39 is 4.92 Å². The van der Waals surface area contributed by atoms with Crippen molar-refractivity contribution in [2.24, 2.45) is 0 Å². The molecule has 0 aliphatic rings. The number of benzene rings is 2. The van der Waals surface area contributed by atoms with Gasteiger partial charge in [0.2, 0.25) is 0 Å². The molecule has 0 amide bonds. The van der Waals surface area contributed by atoms with E-state index in [0.717, 1.165) is 11.3 Å². The van der Waals surface area contributed by atoms with Gasteiger partial charge in [0.1, 0.15) is 12.4 Å². The number of ether oxygens (including phenoxy) is 1. The largest absolute Gasteiger partial charge is 0.490 e. The Morgan fingerprint density at radius 1 is 1.22 bits per heavy atom. The van der Waals surface area contributed by atoms with E-state index in [-0.39, 0.29) is 5.69 Å². The van der Waals surface area contributed by atoms with Gasteiger partial charge in [-0.15, -0.1) is 0 Å². The third-order valence-corrected chi connectivity index (χ3v) is 3.07. The topological polar surface area (TPSA) is 76.2 Å². The van der Waals surface area contributed by atoms with Crippen molar-refractivity contribution in [3.8, 4) is 11.8 Å². The molecule has 0 spiro atoms. The van der Waals surface area contributed by atoms with Gasteiger partial charge < -0.3 is 4.74 Å². The smallest absolute Gasteiger partial charge is 0.269 e. The van der Waals surface area contributed by atoms with Gasteiger partial charge in [-0.1, -0.05) is 24.8 Å². The third kappa shape index (κ3) is 4.29. The highest BCUT2D eigenvalue weighted by molar-refractivity contribution is 5.89. The van der Waals surface area contributed by atoms with Crippen LogP contribution < -0.4 is 4.74 Å². The van der Waals surface area contributed by atoms with Crippen LogP contribution in [-0.2, 0) is 0 Å². The summed E-state index contributed by atoms with van der Waals surface area (Å²) in [6.07, 6.45) is 3.38. The maximum atomic E-state index is 10.7. The van der Waals surface area contributed by atoms with Crippen molar-refractivity contribution in [1.82, 2.24) is 0 Å². The van der Waals surface area contributed by atoms with Crippen molar-refractivity contribution in [2.45, 2.75) is 0 Å². The zero-order valence-corrected chi connectivity index (χ0v) is 12.3. The third-order valence-electron chi connectivity index (χ3n) is 3.07. The number of hydrogen-bond acceptors (Lipinski definition) is 4. The van der Waals surface area contributed by atoms with Crippen LogP contribution in [-0.4, -0.2) is 11.5 Å². The number of allylic oxidation sites excluding steroid dienone is 1. The number of nitrogens with zero attached hydrogens (tertiary/aromatic N) is 2. The van der Waals surface area contributed by atoms with Gasteiger partial charge in [0.05, 0.1) is 16.6 Å². The van der Waals surface area contributed by atoms with Crippen LogP contribution >= 0.6 is 0 Å². The number of nitriles is 1. The standard InChI is InChI=1S/C18H14N2O3/c1-2-11-23-18-9-3-14(4-10-18)12-16(13-19)15-5-7-17(8-6-15)20(21)22/h2-10,12H,1,11H2/b16-12-. The molecule has 0 aliphatic heterocycles. The number of hydrogen-bond donors (Lipinski definition) is 0. The highest BCUT2D eigenvalue weighted by Gasteiger charge is 2.07. The van der Waals surface area contributed by atoms with Crippen LogP contribution in [0.15, 0.2) is 61.2 Å². The van der Waals surface area contributed by atoms with Crippen molar-refractivity contribution in [3.05, 3.63) is 82.4 Å². The van der Waals surface area contributed by atoms with Crippen LogP contribution in [0.5, 0.6) is 5.75 Å². The summed E-state index contributed by atoms with van der Waals surface area (Å²) >= 11 is 0. The molecule has 0 aromatic heterocycles. The van der Waals surface area contributed by atoms with Crippen molar-refractivity contribution in [3.63, 3.8) is 0 Å². The van der Waals surface area contributed by atoms with E-state index in [1.54, 1.807) is 36.4 Å². The highest BCUT2D eigenvalue weighted by atomic mass is 16.6. The minimum Gasteiger partial charge on any atom is -0.490 e. The van der Waals surface area contributed by atoms with Crippen LogP contribution in [0.3, 0.4) is 0 Å². The van der Waals surface area contributed by atoms with E-state index in [9.17, 15) is 15.4 Å². The van der Waals surface area contributed by atoms with Crippen molar-refractivity contribution < 1.29 is 9.66 Å². The molecular weight excluding hydrogens is 292 g/mol. The quantitative estimate of drug-likeness (QED) is 0.263. The lowest BCUT2D eigenvalue weighted by molar-refractivity contribution is -0.384. The Labute approximate surface area is 133 Å². The van der Waals surface area contributed by atoms with Crippen LogP contribution in [0.25, 0.3) is 11.6 Å². The molecule has 0 unspecified atom stereocenters. The second-order valence-electron chi connectivity index (χ2n) is 4.64. The summed E-state index contributed by atoms with van der Waals surface area (Å²) in [5.74, 6) is 0.718. The second kappa shape index (κ2) is 7.57. The molecule has 5 heteroatoms. The summed E-state index contributed by atoms with van der Waals surface area (Å²) in [5.41, 5.74) is 1.89. The Balaban J connectivity index is 2.22. The molecule has 0 heterocycles. The molecule has 2 rings (SSSR count). The molecule has 2 aromatic carbocycles. The van der Waals surface area contributed by atoms with Crippen molar-refractivity contribution in [2.75, 3.05) is 6.61 Å². The van der Waals surface area contributed by atoms with Crippen LogP contribution in [0.1, 0.15) is 11.1 Å². The first-order valence-electron chi connectivity index (χ1n) is 6.84. The summed E-state index contributed by atoms with van der Waals surface area (Å²) in [5, 5.41) is 20.0. The van der Waals surface area contributed by atoms with Crippen LogP contribution in [0, 0.1) is 21.4 Å². The predicted molar refractivity (Wildman–Crippen MR) is 88.7 cm³/mol. The fraction of sp³-hybridized carbons (Fsp3) is 0.0556. The summed E-state index contributed by atoms with van der Waals surface area (Å²) < 4.78 is 5.39. The zero-order valence-electron chi connectivity index (χ0n) is 12.3. The lowest BCUT2D eigenvalue weighted by atomic mass is 10.0. The average Bonchev–Trinajstić information content (AvgIpc) is 2.59. The molecule has 0 saturated carbocycles. The molecule has 114 valence electrons. The monoisotopic (exact) mass is 306 g/mol. The molecule has 0 radical (unpaired) electrons. The normalized spacial score (nSPS) is 10.7. The second-order valence-corrected chi connectivity index (χ2v) is 4.64. The molecule has 5 nitrogen and oxygen atoms in total. The molecule has 23 heavy (non-hydrogen) atoms. The highest BCUT2D eigenvalue weighted by Crippen LogP contribution is 2.22. The number of nitro benzene ring substituents is 1. The number of rotatable bonds is 6.